The van der Waals surface area contributed by atoms with Crippen molar-refractivity contribution < 1.29 is 0 Å². The second kappa shape index (κ2) is 9.61. The van der Waals surface area contributed by atoms with Crippen LogP contribution in [-0.2, 0) is 0 Å². The van der Waals surface area contributed by atoms with Gasteiger partial charge in [0.15, 0.2) is 0 Å². The first kappa shape index (κ1) is 12.5. The van der Waals surface area contributed by atoms with Gasteiger partial charge in [-0.25, -0.2) is 0 Å². The maximum Gasteiger partial charge on any atom is 0.0101 e. The second-order valence-corrected chi connectivity index (χ2v) is 3.49. The molecule has 0 aliphatic rings. The fourth-order valence-corrected chi connectivity index (χ4v) is 1.54. The molecule has 1 heteroatoms. The van der Waals surface area contributed by atoms with Crippen LogP contribution in [0.15, 0.2) is 0 Å². The summed E-state index contributed by atoms with van der Waals surface area (Å²) in [6, 6.07) is 0.646. The summed E-state index contributed by atoms with van der Waals surface area (Å²) in [5.74, 6) is 2.71. The van der Waals surface area contributed by atoms with Crippen molar-refractivity contribution in [2.24, 2.45) is 0 Å². The van der Waals surface area contributed by atoms with Gasteiger partial charge in [0.25, 0.3) is 0 Å². The van der Waals surface area contributed by atoms with Gasteiger partial charge in [0, 0.05) is 12.5 Å². The summed E-state index contributed by atoms with van der Waals surface area (Å²) < 4.78 is 0. The molecule has 0 fully saturated rings. The Labute approximate surface area is 83.3 Å². The van der Waals surface area contributed by atoms with Crippen LogP contribution < -0.4 is 5.32 Å². The summed E-state index contributed by atoms with van der Waals surface area (Å²) >= 11 is 0. The number of hydrogen-bond donors (Lipinski definition) is 1. The van der Waals surface area contributed by atoms with E-state index in [-0.39, 0.29) is 0 Å². The van der Waals surface area contributed by atoms with Gasteiger partial charge in [-0.1, -0.05) is 33.1 Å². The van der Waals surface area contributed by atoms with E-state index in [0.717, 1.165) is 19.4 Å². The van der Waals surface area contributed by atoms with E-state index in [0.29, 0.717) is 6.04 Å². The molecule has 1 nitrogen and oxygen atoms in total. The zero-order valence-electron chi connectivity index (χ0n) is 9.10. The fraction of sp³-hybridized carbons (Fsp3) is 0.833. The van der Waals surface area contributed by atoms with Gasteiger partial charge in [-0.3, -0.25) is 0 Å². The predicted molar refractivity (Wildman–Crippen MR) is 59.7 cm³/mol. The Balaban J connectivity index is 3.48. The standard InChI is InChI=1S/C12H23N/c1-4-7-9-11-12(13-6-3)10-8-5-2/h2,12-13H,4,6-11H2,1,3H3. The molecule has 13 heavy (non-hydrogen) atoms. The van der Waals surface area contributed by atoms with Gasteiger partial charge in [0.05, 0.1) is 0 Å². The fourth-order valence-electron chi connectivity index (χ4n) is 1.54. The molecule has 0 bridgehead atoms. The van der Waals surface area contributed by atoms with Crippen molar-refractivity contribution in [2.45, 2.75) is 58.4 Å². The third kappa shape index (κ3) is 7.87. The maximum absolute atomic E-state index is 5.25. The Hall–Kier alpha value is -0.480. The molecular weight excluding hydrogens is 158 g/mol. The Morgan fingerprint density at radius 2 is 2.00 bits per heavy atom. The molecular formula is C12H23N. The van der Waals surface area contributed by atoms with Gasteiger partial charge < -0.3 is 5.32 Å². The zero-order valence-corrected chi connectivity index (χ0v) is 9.10. The monoisotopic (exact) mass is 181 g/mol. The molecule has 1 unspecified atom stereocenters. The highest BCUT2D eigenvalue weighted by Gasteiger charge is 2.04. The normalized spacial score (nSPS) is 12.4. The number of rotatable bonds is 8. The minimum atomic E-state index is 0.646. The topological polar surface area (TPSA) is 12.0 Å². The molecule has 0 radical (unpaired) electrons. The lowest BCUT2D eigenvalue weighted by Gasteiger charge is -2.16. The lowest BCUT2D eigenvalue weighted by Crippen LogP contribution is -2.28. The SMILES string of the molecule is C#CCCC(CCCCC)NCC. The first-order valence-corrected chi connectivity index (χ1v) is 5.52. The van der Waals surface area contributed by atoms with Crippen LogP contribution in [0.3, 0.4) is 0 Å². The lowest BCUT2D eigenvalue weighted by atomic mass is 10.0. The number of unbranched alkanes of at least 4 members (excludes halogenated alkanes) is 2. The molecule has 0 amide bonds. The summed E-state index contributed by atoms with van der Waals surface area (Å²) in [6.45, 7) is 5.45. The molecule has 0 aliphatic carbocycles. The van der Waals surface area contributed by atoms with E-state index in [1.807, 2.05) is 0 Å². The molecule has 0 rings (SSSR count). The molecule has 0 saturated heterocycles. The Kier molecular flexibility index (Phi) is 9.25. The average molecular weight is 181 g/mol. The highest BCUT2D eigenvalue weighted by atomic mass is 14.9. The Morgan fingerprint density at radius 3 is 2.54 bits per heavy atom. The van der Waals surface area contributed by atoms with Gasteiger partial charge >= 0.3 is 0 Å². The van der Waals surface area contributed by atoms with Gasteiger partial charge in [-0.15, -0.1) is 12.3 Å². The van der Waals surface area contributed by atoms with Crippen molar-refractivity contribution in [3.8, 4) is 12.3 Å². The highest BCUT2D eigenvalue weighted by Crippen LogP contribution is 2.07. The molecule has 0 saturated carbocycles. The molecule has 0 spiro atoms. The number of terminal acetylenes is 1. The second-order valence-electron chi connectivity index (χ2n) is 3.49. The van der Waals surface area contributed by atoms with E-state index in [9.17, 15) is 0 Å². The van der Waals surface area contributed by atoms with E-state index in [1.165, 1.54) is 25.7 Å². The largest absolute Gasteiger partial charge is 0.314 e. The first-order chi connectivity index (χ1) is 6.35. The van der Waals surface area contributed by atoms with Crippen molar-refractivity contribution in [3.63, 3.8) is 0 Å². The molecule has 0 aromatic rings. The maximum atomic E-state index is 5.25. The van der Waals surface area contributed by atoms with Crippen molar-refractivity contribution >= 4 is 0 Å². The van der Waals surface area contributed by atoms with Crippen molar-refractivity contribution in [1.82, 2.24) is 5.32 Å². The molecule has 1 N–H and O–H groups in total. The highest BCUT2D eigenvalue weighted by molar-refractivity contribution is 4.85. The van der Waals surface area contributed by atoms with Gasteiger partial charge in [-0.05, 0) is 19.4 Å². The minimum Gasteiger partial charge on any atom is -0.314 e. The minimum absolute atomic E-state index is 0.646. The Morgan fingerprint density at radius 1 is 1.23 bits per heavy atom. The third-order valence-corrected chi connectivity index (χ3v) is 2.29. The van der Waals surface area contributed by atoms with E-state index in [2.05, 4.69) is 25.1 Å². The van der Waals surface area contributed by atoms with E-state index >= 15 is 0 Å². The molecule has 0 aliphatic heterocycles. The van der Waals surface area contributed by atoms with Crippen LogP contribution in [0.1, 0.15) is 52.4 Å². The van der Waals surface area contributed by atoms with E-state index < -0.39 is 0 Å². The predicted octanol–water partition coefficient (Wildman–Crippen LogP) is 2.96. The van der Waals surface area contributed by atoms with Gasteiger partial charge in [0.1, 0.15) is 0 Å². The summed E-state index contributed by atoms with van der Waals surface area (Å²) in [6.07, 6.45) is 12.5. The summed E-state index contributed by atoms with van der Waals surface area (Å²) in [7, 11) is 0. The molecule has 76 valence electrons. The molecule has 0 aromatic carbocycles. The van der Waals surface area contributed by atoms with Crippen LogP contribution in [0.2, 0.25) is 0 Å². The van der Waals surface area contributed by atoms with Crippen molar-refractivity contribution in [2.75, 3.05) is 6.54 Å². The molecule has 0 aromatic heterocycles. The summed E-state index contributed by atoms with van der Waals surface area (Å²) in [5.41, 5.74) is 0. The summed E-state index contributed by atoms with van der Waals surface area (Å²) in [4.78, 5) is 0. The number of hydrogen-bond acceptors (Lipinski definition) is 1. The van der Waals surface area contributed by atoms with E-state index in [1.54, 1.807) is 0 Å². The van der Waals surface area contributed by atoms with Crippen LogP contribution in [0.4, 0.5) is 0 Å². The smallest absolute Gasteiger partial charge is 0.0101 e. The van der Waals surface area contributed by atoms with Crippen LogP contribution in [0, 0.1) is 12.3 Å². The van der Waals surface area contributed by atoms with Crippen LogP contribution in [-0.4, -0.2) is 12.6 Å². The average Bonchev–Trinajstić information content (AvgIpc) is 2.14. The summed E-state index contributed by atoms with van der Waals surface area (Å²) in [5, 5.41) is 3.48. The molecule has 1 atom stereocenters. The van der Waals surface area contributed by atoms with Crippen molar-refractivity contribution in [1.29, 1.82) is 0 Å². The van der Waals surface area contributed by atoms with Crippen LogP contribution >= 0.6 is 0 Å². The quantitative estimate of drug-likeness (QED) is 0.448. The van der Waals surface area contributed by atoms with Crippen molar-refractivity contribution in [3.05, 3.63) is 0 Å². The molecule has 0 heterocycles. The van der Waals surface area contributed by atoms with Crippen LogP contribution in [0.25, 0.3) is 0 Å². The first-order valence-electron chi connectivity index (χ1n) is 5.52. The lowest BCUT2D eigenvalue weighted by molar-refractivity contribution is 0.449. The zero-order chi connectivity index (χ0) is 9.94. The Bertz CT molecular complexity index is 135. The number of nitrogens with one attached hydrogen (secondary N) is 1. The van der Waals surface area contributed by atoms with Crippen LogP contribution in [0.5, 0.6) is 0 Å². The van der Waals surface area contributed by atoms with Gasteiger partial charge in [0.2, 0.25) is 0 Å². The third-order valence-electron chi connectivity index (χ3n) is 2.29. The van der Waals surface area contributed by atoms with E-state index in [4.69, 9.17) is 6.42 Å². The van der Waals surface area contributed by atoms with Gasteiger partial charge in [-0.2, -0.15) is 0 Å².